The van der Waals surface area contributed by atoms with Gasteiger partial charge in [0.15, 0.2) is 0 Å². The van der Waals surface area contributed by atoms with Crippen LogP contribution in [-0.2, 0) is 22.5 Å². The number of hydrogen-bond acceptors (Lipinski definition) is 5. The molecule has 0 radical (unpaired) electrons. The Morgan fingerprint density at radius 1 is 1.21 bits per heavy atom. The van der Waals surface area contributed by atoms with Crippen LogP contribution in [0.2, 0.25) is 0 Å². The highest BCUT2D eigenvalue weighted by atomic mass is 19.4. The maximum absolute atomic E-state index is 13.6. The molecule has 1 aromatic carbocycles. The Morgan fingerprint density at radius 3 is 2.61 bits per heavy atom. The number of carbonyl (C=O) groups is 2. The zero-order valence-electron chi connectivity index (χ0n) is 18.5. The first-order valence-corrected chi connectivity index (χ1v) is 11.0. The average molecular weight is 464 g/mol. The summed E-state index contributed by atoms with van der Waals surface area (Å²) in [6.07, 6.45) is -1.53. The van der Waals surface area contributed by atoms with Crippen molar-refractivity contribution in [2.75, 3.05) is 19.7 Å². The number of alkyl halides is 3. The van der Waals surface area contributed by atoms with E-state index in [0.29, 0.717) is 32.2 Å². The number of ether oxygens (including phenoxy) is 1. The molecule has 1 amide bonds. The van der Waals surface area contributed by atoms with Gasteiger partial charge in [-0.2, -0.15) is 13.2 Å². The topological polar surface area (TPSA) is 71.5 Å². The summed E-state index contributed by atoms with van der Waals surface area (Å²) in [5.41, 5.74) is 0.482. The van der Waals surface area contributed by atoms with Gasteiger partial charge in [0, 0.05) is 12.7 Å². The smallest absolute Gasteiger partial charge is 0.462 e. The minimum absolute atomic E-state index is 0.172. The monoisotopic (exact) mass is 463 g/mol. The van der Waals surface area contributed by atoms with Gasteiger partial charge in [-0.1, -0.05) is 30.3 Å². The molecule has 6 nitrogen and oxygen atoms in total. The lowest BCUT2D eigenvalue weighted by Gasteiger charge is -2.41. The molecule has 1 saturated heterocycles. The van der Waals surface area contributed by atoms with Crippen LogP contribution in [0.25, 0.3) is 0 Å². The number of aryl methyl sites for hydroxylation is 1. The number of hydrogen-bond donors (Lipinski definition) is 1. The molecule has 1 aromatic heterocycles. The summed E-state index contributed by atoms with van der Waals surface area (Å²) in [6, 6.07) is 12.5. The minimum atomic E-state index is -5.02. The van der Waals surface area contributed by atoms with Crippen molar-refractivity contribution < 1.29 is 27.5 Å². The molecular weight excluding hydrogens is 435 g/mol. The van der Waals surface area contributed by atoms with Crippen molar-refractivity contribution in [3.05, 3.63) is 65.5 Å². The molecule has 2 aromatic rings. The molecule has 1 fully saturated rings. The molecule has 1 aliphatic rings. The third-order valence-electron chi connectivity index (χ3n) is 5.88. The normalized spacial score (nSPS) is 18.2. The minimum Gasteiger partial charge on any atom is -0.462 e. The maximum Gasteiger partial charge on any atom is 0.471 e. The average Bonchev–Trinajstić information content (AvgIpc) is 3.27. The Balaban J connectivity index is 1.86. The number of benzene rings is 1. The van der Waals surface area contributed by atoms with Crippen molar-refractivity contribution in [3.8, 4) is 0 Å². The summed E-state index contributed by atoms with van der Waals surface area (Å²) in [5, 5.41) is 3.13. The summed E-state index contributed by atoms with van der Waals surface area (Å²) in [6.45, 7) is 2.27. The van der Waals surface area contributed by atoms with Crippen LogP contribution in [0.5, 0.6) is 0 Å². The molecule has 2 heterocycles. The fourth-order valence-electron chi connectivity index (χ4n) is 4.25. The van der Waals surface area contributed by atoms with E-state index >= 15 is 0 Å². The first kappa shape index (κ1) is 24.7. The number of amides is 1. The molecule has 33 heavy (non-hydrogen) atoms. The number of nitrogens with one attached hydrogen (secondary N) is 1. The van der Waals surface area contributed by atoms with Crippen molar-refractivity contribution in [1.29, 1.82) is 0 Å². The highest BCUT2D eigenvalue weighted by Gasteiger charge is 2.51. The summed E-state index contributed by atoms with van der Waals surface area (Å²) >= 11 is 0. The third-order valence-corrected chi connectivity index (χ3v) is 5.88. The van der Waals surface area contributed by atoms with Crippen LogP contribution in [0.4, 0.5) is 13.2 Å². The molecule has 3 rings (SSSR count). The van der Waals surface area contributed by atoms with E-state index in [-0.39, 0.29) is 31.0 Å². The highest BCUT2D eigenvalue weighted by Crippen LogP contribution is 2.34. The number of halogens is 3. The first-order chi connectivity index (χ1) is 15.7. The summed E-state index contributed by atoms with van der Waals surface area (Å²) in [7, 11) is 0. The summed E-state index contributed by atoms with van der Waals surface area (Å²) < 4.78 is 45.8. The number of carbonyl (C=O) groups excluding carboxylic acids is 2. The lowest BCUT2D eigenvalue weighted by atomic mass is 9.88. The molecule has 0 unspecified atom stereocenters. The van der Waals surface area contributed by atoms with Gasteiger partial charge in [-0.25, -0.2) is 4.79 Å². The van der Waals surface area contributed by atoms with E-state index in [1.54, 1.807) is 6.92 Å². The van der Waals surface area contributed by atoms with Gasteiger partial charge < -0.3 is 15.0 Å². The quantitative estimate of drug-likeness (QED) is 0.571. The Bertz CT molecular complexity index is 945. The molecule has 1 aliphatic heterocycles. The first-order valence-electron chi connectivity index (χ1n) is 11.0. The summed E-state index contributed by atoms with van der Waals surface area (Å²) in [5.74, 6) is -2.48. The number of aromatic nitrogens is 1. The van der Waals surface area contributed by atoms with Gasteiger partial charge in [0.2, 0.25) is 0 Å². The Kier molecular flexibility index (Phi) is 8.07. The van der Waals surface area contributed by atoms with Gasteiger partial charge >= 0.3 is 18.1 Å². The lowest BCUT2D eigenvalue weighted by Crippen LogP contribution is -2.56. The van der Waals surface area contributed by atoms with E-state index in [4.69, 9.17) is 4.74 Å². The zero-order valence-corrected chi connectivity index (χ0v) is 18.5. The molecule has 9 heteroatoms. The van der Waals surface area contributed by atoms with E-state index in [1.165, 1.54) is 18.3 Å². The highest BCUT2D eigenvalue weighted by molar-refractivity contribution is 5.89. The van der Waals surface area contributed by atoms with Crippen molar-refractivity contribution >= 4 is 11.9 Å². The van der Waals surface area contributed by atoms with E-state index < -0.39 is 23.6 Å². The maximum atomic E-state index is 13.6. The molecule has 178 valence electrons. The second kappa shape index (κ2) is 10.8. The van der Waals surface area contributed by atoms with Crippen LogP contribution in [-0.4, -0.2) is 53.2 Å². The van der Waals surface area contributed by atoms with Crippen LogP contribution in [0.15, 0.2) is 48.7 Å². The van der Waals surface area contributed by atoms with Crippen LogP contribution in [0.3, 0.4) is 0 Å². The van der Waals surface area contributed by atoms with Crippen molar-refractivity contribution in [2.45, 2.75) is 50.9 Å². The van der Waals surface area contributed by atoms with E-state index in [9.17, 15) is 22.8 Å². The van der Waals surface area contributed by atoms with Crippen molar-refractivity contribution in [1.82, 2.24) is 15.2 Å². The zero-order chi connectivity index (χ0) is 23.9. The standard InChI is InChI=1S/C24H28F3N3O3/c1-2-33-21(31)19-10-13-29-20(15-19)16-30(22(32)24(25,26)27)23(12-14-28-17-23)11-6-9-18-7-4-3-5-8-18/h3-5,7-8,10,13,15,28H,2,6,9,11-12,14,16-17H2,1H3/t23-/m1/s1. The number of nitrogens with zero attached hydrogens (tertiary/aromatic N) is 2. The molecule has 0 aliphatic carbocycles. The van der Waals surface area contributed by atoms with Crippen molar-refractivity contribution in [2.24, 2.45) is 0 Å². The SMILES string of the molecule is CCOC(=O)c1ccnc(CN(C(=O)C(F)(F)F)[C@]2(CCCc3ccccc3)CCNC2)c1. The van der Waals surface area contributed by atoms with Crippen LogP contribution in [0.1, 0.15) is 47.8 Å². The Morgan fingerprint density at radius 2 is 1.97 bits per heavy atom. The van der Waals surface area contributed by atoms with E-state index in [2.05, 4.69) is 10.3 Å². The van der Waals surface area contributed by atoms with Crippen molar-refractivity contribution in [3.63, 3.8) is 0 Å². The van der Waals surface area contributed by atoms with Gasteiger partial charge in [-0.15, -0.1) is 0 Å². The second-order valence-electron chi connectivity index (χ2n) is 8.14. The largest absolute Gasteiger partial charge is 0.471 e. The predicted molar refractivity (Wildman–Crippen MR) is 116 cm³/mol. The Labute approximate surface area is 191 Å². The van der Waals surface area contributed by atoms with Crippen LogP contribution < -0.4 is 5.32 Å². The fraction of sp³-hybridized carbons (Fsp3) is 0.458. The number of pyridine rings is 1. The Hall–Kier alpha value is -2.94. The summed E-state index contributed by atoms with van der Waals surface area (Å²) in [4.78, 5) is 29.6. The van der Waals surface area contributed by atoms with E-state index in [1.807, 2.05) is 30.3 Å². The van der Waals surface area contributed by atoms with Gasteiger partial charge in [0.05, 0.1) is 29.9 Å². The van der Waals surface area contributed by atoms with Gasteiger partial charge in [0.1, 0.15) is 0 Å². The number of rotatable bonds is 9. The molecule has 0 bridgehead atoms. The third kappa shape index (κ3) is 6.31. The fourth-order valence-corrected chi connectivity index (χ4v) is 4.25. The van der Waals surface area contributed by atoms with Gasteiger partial charge in [-0.3, -0.25) is 9.78 Å². The molecule has 0 saturated carbocycles. The van der Waals surface area contributed by atoms with Gasteiger partial charge in [0.25, 0.3) is 0 Å². The van der Waals surface area contributed by atoms with E-state index in [0.717, 1.165) is 10.5 Å². The van der Waals surface area contributed by atoms with Gasteiger partial charge in [-0.05, 0) is 56.8 Å². The molecule has 0 spiro atoms. The number of esters is 1. The molecule has 1 N–H and O–H groups in total. The second-order valence-corrected chi connectivity index (χ2v) is 8.14. The van der Waals surface area contributed by atoms with Crippen LogP contribution in [0, 0.1) is 0 Å². The molecular formula is C24H28F3N3O3. The lowest BCUT2D eigenvalue weighted by molar-refractivity contribution is -0.192. The molecule has 1 atom stereocenters. The predicted octanol–water partition coefficient (Wildman–Crippen LogP) is 3.90. The van der Waals surface area contributed by atoms with Crippen LogP contribution >= 0.6 is 0 Å².